The summed E-state index contributed by atoms with van der Waals surface area (Å²) in [6.45, 7) is 0. The van der Waals surface area contributed by atoms with Gasteiger partial charge in [-0.15, -0.1) is 0 Å². The van der Waals surface area contributed by atoms with E-state index in [-0.39, 0.29) is 23.9 Å². The lowest BCUT2D eigenvalue weighted by atomic mass is 10.2. The van der Waals surface area contributed by atoms with E-state index >= 15 is 0 Å². The minimum atomic E-state index is -4.25. The van der Waals surface area contributed by atoms with Crippen LogP contribution in [-0.4, -0.2) is 21.4 Å². The number of aryl methyl sites for hydroxylation is 1. The first-order chi connectivity index (χ1) is 8.44. The van der Waals surface area contributed by atoms with Crippen molar-refractivity contribution in [2.75, 3.05) is 0 Å². The van der Waals surface area contributed by atoms with Crippen molar-refractivity contribution in [3.63, 3.8) is 0 Å². The summed E-state index contributed by atoms with van der Waals surface area (Å²) in [4.78, 5) is 3.84. The zero-order chi connectivity index (χ0) is 13.2. The number of nitrogens with zero attached hydrogens (tertiary/aromatic N) is 2. The van der Waals surface area contributed by atoms with E-state index in [9.17, 15) is 18.3 Å². The third-order valence-electron chi connectivity index (χ3n) is 2.19. The van der Waals surface area contributed by atoms with Crippen molar-refractivity contribution in [2.24, 2.45) is 0 Å². The third-order valence-corrected chi connectivity index (χ3v) is 2.19. The lowest BCUT2D eigenvalue weighted by molar-refractivity contribution is -0.134. The summed E-state index contributed by atoms with van der Waals surface area (Å²) >= 11 is 0. The van der Waals surface area contributed by atoms with E-state index in [0.29, 0.717) is 5.56 Å². The fraction of sp³-hybridized carbons (Fsp3) is 0.273. The third kappa shape index (κ3) is 3.22. The summed E-state index contributed by atoms with van der Waals surface area (Å²) in [6.07, 6.45) is -5.61. The van der Waals surface area contributed by atoms with Crippen molar-refractivity contribution in [1.82, 2.24) is 10.1 Å². The highest BCUT2D eigenvalue weighted by Gasteiger charge is 2.27. The molecule has 18 heavy (non-hydrogen) atoms. The molecule has 7 heteroatoms. The van der Waals surface area contributed by atoms with Gasteiger partial charge in [-0.25, -0.2) is 0 Å². The number of hydrogen-bond acceptors (Lipinski definition) is 4. The van der Waals surface area contributed by atoms with Gasteiger partial charge in [-0.2, -0.15) is 18.2 Å². The number of benzene rings is 1. The Morgan fingerprint density at radius 3 is 2.72 bits per heavy atom. The highest BCUT2D eigenvalue weighted by Crippen LogP contribution is 2.24. The Kier molecular flexibility index (Phi) is 3.22. The number of aromatic nitrogens is 2. The lowest BCUT2D eigenvalue weighted by Crippen LogP contribution is -2.08. The monoisotopic (exact) mass is 258 g/mol. The SMILES string of the molecule is Oc1cccc(-c2noc(CCC(F)(F)F)n2)c1. The van der Waals surface area contributed by atoms with E-state index in [2.05, 4.69) is 10.1 Å². The maximum absolute atomic E-state index is 12.0. The Morgan fingerprint density at radius 1 is 1.28 bits per heavy atom. The molecule has 1 aromatic heterocycles. The maximum atomic E-state index is 12.0. The van der Waals surface area contributed by atoms with E-state index in [4.69, 9.17) is 4.52 Å². The lowest BCUT2D eigenvalue weighted by Gasteiger charge is -2.01. The molecule has 0 fully saturated rings. The normalized spacial score (nSPS) is 11.7. The highest BCUT2D eigenvalue weighted by molar-refractivity contribution is 5.56. The second kappa shape index (κ2) is 4.67. The molecule has 4 nitrogen and oxygen atoms in total. The molecule has 0 radical (unpaired) electrons. The van der Waals surface area contributed by atoms with Crippen LogP contribution in [0.4, 0.5) is 13.2 Å². The summed E-state index contributed by atoms with van der Waals surface area (Å²) in [5, 5.41) is 12.8. The molecule has 1 N–H and O–H groups in total. The molecule has 0 bridgehead atoms. The molecule has 0 unspecified atom stereocenters. The maximum Gasteiger partial charge on any atom is 0.389 e. The van der Waals surface area contributed by atoms with Gasteiger partial charge in [0.2, 0.25) is 11.7 Å². The van der Waals surface area contributed by atoms with Crippen LogP contribution in [0.2, 0.25) is 0 Å². The fourth-order valence-corrected chi connectivity index (χ4v) is 1.37. The number of rotatable bonds is 3. The van der Waals surface area contributed by atoms with Crippen LogP contribution in [0.1, 0.15) is 12.3 Å². The summed E-state index contributed by atoms with van der Waals surface area (Å²) in [5.74, 6) is 0.0999. The Labute approximate surface area is 100 Å². The van der Waals surface area contributed by atoms with Gasteiger partial charge in [0.15, 0.2) is 0 Å². The molecule has 1 aromatic carbocycles. The van der Waals surface area contributed by atoms with Gasteiger partial charge >= 0.3 is 6.18 Å². The van der Waals surface area contributed by atoms with E-state index in [0.717, 1.165) is 0 Å². The van der Waals surface area contributed by atoms with E-state index in [1.54, 1.807) is 12.1 Å². The number of phenols is 1. The van der Waals surface area contributed by atoms with E-state index in [1.807, 2.05) is 0 Å². The number of alkyl halides is 3. The largest absolute Gasteiger partial charge is 0.508 e. The zero-order valence-electron chi connectivity index (χ0n) is 9.11. The molecule has 0 saturated heterocycles. The topological polar surface area (TPSA) is 59.2 Å². The summed E-state index contributed by atoms with van der Waals surface area (Å²) < 4.78 is 40.7. The van der Waals surface area contributed by atoms with Crippen LogP contribution in [0.25, 0.3) is 11.4 Å². The predicted molar refractivity (Wildman–Crippen MR) is 55.8 cm³/mol. The fourth-order valence-electron chi connectivity index (χ4n) is 1.37. The molecule has 0 aliphatic heterocycles. The van der Waals surface area contributed by atoms with Crippen LogP contribution in [0.5, 0.6) is 5.75 Å². The minimum absolute atomic E-state index is 0.0224. The molecule has 2 rings (SSSR count). The Hall–Kier alpha value is -2.05. The quantitative estimate of drug-likeness (QED) is 0.919. The molecule has 1 heterocycles. The van der Waals surface area contributed by atoms with Crippen molar-refractivity contribution in [1.29, 1.82) is 0 Å². The number of aromatic hydroxyl groups is 1. The number of phenolic OH excluding ortho intramolecular Hbond substituents is 1. The highest BCUT2D eigenvalue weighted by atomic mass is 19.4. The van der Waals surface area contributed by atoms with Crippen molar-refractivity contribution in [3.05, 3.63) is 30.2 Å². The molecule has 0 aliphatic rings. The molecule has 0 amide bonds. The standard InChI is InChI=1S/C11H9F3N2O2/c12-11(13,14)5-4-9-15-10(16-18-9)7-2-1-3-8(17)6-7/h1-3,6,17H,4-5H2. The average Bonchev–Trinajstić information content (AvgIpc) is 2.74. The first-order valence-electron chi connectivity index (χ1n) is 5.13. The first-order valence-corrected chi connectivity index (χ1v) is 5.13. The van der Waals surface area contributed by atoms with E-state index in [1.165, 1.54) is 12.1 Å². The van der Waals surface area contributed by atoms with Crippen LogP contribution in [0.15, 0.2) is 28.8 Å². The minimum Gasteiger partial charge on any atom is -0.508 e. The summed E-state index contributed by atoms with van der Waals surface area (Å²) in [5.41, 5.74) is 0.483. The van der Waals surface area contributed by atoms with E-state index < -0.39 is 12.6 Å². The van der Waals surface area contributed by atoms with Gasteiger partial charge in [0, 0.05) is 12.0 Å². The average molecular weight is 258 g/mol. The zero-order valence-corrected chi connectivity index (χ0v) is 9.11. The van der Waals surface area contributed by atoms with Gasteiger partial charge < -0.3 is 9.63 Å². The second-order valence-electron chi connectivity index (χ2n) is 3.68. The van der Waals surface area contributed by atoms with Crippen LogP contribution in [0.3, 0.4) is 0 Å². The number of halogens is 3. The van der Waals surface area contributed by atoms with Crippen molar-refractivity contribution in [3.8, 4) is 17.1 Å². The first kappa shape index (κ1) is 12.4. The van der Waals surface area contributed by atoms with Gasteiger partial charge in [-0.05, 0) is 12.1 Å². The Balaban J connectivity index is 2.11. The molecule has 96 valence electrons. The molecule has 0 spiro atoms. The molecule has 2 aromatic rings. The van der Waals surface area contributed by atoms with Gasteiger partial charge in [0.25, 0.3) is 0 Å². The van der Waals surface area contributed by atoms with Gasteiger partial charge in [0.05, 0.1) is 6.42 Å². The van der Waals surface area contributed by atoms with Crippen LogP contribution in [-0.2, 0) is 6.42 Å². The van der Waals surface area contributed by atoms with Crippen LogP contribution < -0.4 is 0 Å². The second-order valence-corrected chi connectivity index (χ2v) is 3.68. The Bertz CT molecular complexity index is 537. The summed E-state index contributed by atoms with van der Waals surface area (Å²) in [7, 11) is 0. The predicted octanol–water partition coefficient (Wildman–Crippen LogP) is 2.94. The molecule has 0 saturated carbocycles. The number of hydrogen-bond donors (Lipinski definition) is 1. The van der Waals surface area contributed by atoms with Crippen molar-refractivity contribution >= 4 is 0 Å². The Morgan fingerprint density at radius 2 is 2.06 bits per heavy atom. The van der Waals surface area contributed by atoms with Crippen LogP contribution >= 0.6 is 0 Å². The van der Waals surface area contributed by atoms with Crippen LogP contribution in [0, 0.1) is 0 Å². The molecule has 0 atom stereocenters. The molecular formula is C11H9F3N2O2. The smallest absolute Gasteiger partial charge is 0.389 e. The summed E-state index contributed by atoms with van der Waals surface area (Å²) in [6, 6.07) is 6.07. The molecular weight excluding hydrogens is 249 g/mol. The van der Waals surface area contributed by atoms with Gasteiger partial charge in [0.1, 0.15) is 5.75 Å². The van der Waals surface area contributed by atoms with Crippen molar-refractivity contribution < 1.29 is 22.8 Å². The van der Waals surface area contributed by atoms with Gasteiger partial charge in [-0.1, -0.05) is 17.3 Å². The van der Waals surface area contributed by atoms with Crippen molar-refractivity contribution in [2.45, 2.75) is 19.0 Å². The molecule has 0 aliphatic carbocycles. The van der Waals surface area contributed by atoms with Gasteiger partial charge in [-0.3, -0.25) is 0 Å².